The Morgan fingerprint density at radius 1 is 0.957 bits per heavy atom. The molecule has 1 N–H and O–H groups in total. The van der Waals surface area contributed by atoms with E-state index in [1.54, 1.807) is 6.92 Å². The van der Waals surface area contributed by atoms with E-state index in [0.29, 0.717) is 15.0 Å². The van der Waals surface area contributed by atoms with Crippen LogP contribution in [-0.4, -0.2) is 20.9 Å². The zero-order chi connectivity index (χ0) is 16.1. The first-order chi connectivity index (χ1) is 11.2. The van der Waals surface area contributed by atoms with Crippen LogP contribution in [0, 0.1) is 0 Å². The second-order valence-electron chi connectivity index (χ2n) is 5.48. The molecule has 116 valence electrons. The van der Waals surface area contributed by atoms with Crippen LogP contribution < -0.4 is 9.78 Å². The van der Waals surface area contributed by atoms with Crippen LogP contribution in [-0.2, 0) is 4.79 Å². The van der Waals surface area contributed by atoms with E-state index in [1.165, 1.54) is 20.8 Å². The van der Waals surface area contributed by atoms with Crippen LogP contribution in [0.4, 0.5) is 0 Å². The molecule has 0 fully saturated rings. The molecule has 1 amide bonds. The zero-order valence-corrected chi connectivity index (χ0v) is 14.7. The molecule has 23 heavy (non-hydrogen) atoms. The molecule has 0 aromatic heterocycles. The average molecular weight is 368 g/mol. The standard InChI is InChI=1S/C20H19NOSe/c1-15(22)21-20(14-23-19-9-3-2-4-10-19)18-12-11-16-7-5-6-8-17(16)13-18/h2-13,20H,14H2,1H3,(H,21,22). The summed E-state index contributed by atoms with van der Waals surface area (Å²) < 4.78 is 1.36. The van der Waals surface area contributed by atoms with Crippen molar-refractivity contribution in [3.05, 3.63) is 78.4 Å². The van der Waals surface area contributed by atoms with Crippen LogP contribution in [0.1, 0.15) is 18.5 Å². The van der Waals surface area contributed by atoms with Crippen molar-refractivity contribution in [2.45, 2.75) is 18.3 Å². The molecular formula is C20H19NOSe. The summed E-state index contributed by atoms with van der Waals surface area (Å²) in [4.78, 5) is 11.6. The van der Waals surface area contributed by atoms with Gasteiger partial charge in [0, 0.05) is 0 Å². The molecule has 0 aliphatic rings. The van der Waals surface area contributed by atoms with Crippen molar-refractivity contribution in [2.24, 2.45) is 0 Å². The van der Waals surface area contributed by atoms with Gasteiger partial charge in [-0.2, -0.15) is 0 Å². The predicted molar refractivity (Wildman–Crippen MR) is 97.1 cm³/mol. The molecule has 2 nitrogen and oxygen atoms in total. The summed E-state index contributed by atoms with van der Waals surface area (Å²) in [6, 6.07) is 25.3. The Kier molecular flexibility index (Phi) is 5.12. The number of hydrogen-bond donors (Lipinski definition) is 1. The monoisotopic (exact) mass is 369 g/mol. The molecule has 3 aromatic rings. The van der Waals surface area contributed by atoms with Gasteiger partial charge in [-0.25, -0.2) is 0 Å². The molecule has 3 rings (SSSR count). The van der Waals surface area contributed by atoms with Crippen LogP contribution in [0.3, 0.4) is 0 Å². The fourth-order valence-electron chi connectivity index (χ4n) is 2.59. The second kappa shape index (κ2) is 7.45. The molecule has 0 saturated carbocycles. The van der Waals surface area contributed by atoms with E-state index in [2.05, 4.69) is 59.9 Å². The van der Waals surface area contributed by atoms with Crippen molar-refractivity contribution in [1.29, 1.82) is 0 Å². The number of rotatable bonds is 5. The first-order valence-corrected chi connectivity index (χ1v) is 9.73. The van der Waals surface area contributed by atoms with Crippen molar-refractivity contribution in [1.82, 2.24) is 5.32 Å². The third-order valence-corrected chi connectivity index (χ3v) is 6.03. The molecule has 1 unspecified atom stereocenters. The van der Waals surface area contributed by atoms with E-state index in [-0.39, 0.29) is 11.9 Å². The molecule has 0 aliphatic carbocycles. The normalized spacial score (nSPS) is 12.0. The number of hydrogen-bond acceptors (Lipinski definition) is 1. The van der Waals surface area contributed by atoms with Gasteiger partial charge in [-0.3, -0.25) is 0 Å². The summed E-state index contributed by atoms with van der Waals surface area (Å²) in [6.07, 6.45) is 0. The van der Waals surface area contributed by atoms with Crippen molar-refractivity contribution < 1.29 is 4.79 Å². The van der Waals surface area contributed by atoms with E-state index in [4.69, 9.17) is 0 Å². The number of amides is 1. The van der Waals surface area contributed by atoms with Gasteiger partial charge in [0.15, 0.2) is 0 Å². The SMILES string of the molecule is CC(=O)NC(C[Se]c1ccccc1)c1ccc2ccccc2c1. The Balaban J connectivity index is 1.83. The van der Waals surface area contributed by atoms with Gasteiger partial charge in [-0.05, 0) is 0 Å². The van der Waals surface area contributed by atoms with Gasteiger partial charge in [0.25, 0.3) is 0 Å². The molecule has 1 atom stereocenters. The Labute approximate surface area is 143 Å². The molecule has 3 aromatic carbocycles. The molecule has 3 heteroatoms. The van der Waals surface area contributed by atoms with Crippen LogP contribution in [0.5, 0.6) is 0 Å². The van der Waals surface area contributed by atoms with Gasteiger partial charge >= 0.3 is 143 Å². The molecule has 0 spiro atoms. The summed E-state index contributed by atoms with van der Waals surface area (Å²) in [5.74, 6) is 0.0204. The van der Waals surface area contributed by atoms with Crippen LogP contribution in [0.2, 0.25) is 5.32 Å². The minimum absolute atomic E-state index is 0.0204. The van der Waals surface area contributed by atoms with Crippen LogP contribution >= 0.6 is 0 Å². The molecule has 0 bridgehead atoms. The fraction of sp³-hybridized carbons (Fsp3) is 0.150. The second-order valence-corrected chi connectivity index (χ2v) is 7.78. The van der Waals surface area contributed by atoms with Gasteiger partial charge in [0.05, 0.1) is 0 Å². The number of benzene rings is 3. The van der Waals surface area contributed by atoms with E-state index in [9.17, 15) is 4.79 Å². The van der Waals surface area contributed by atoms with Gasteiger partial charge < -0.3 is 0 Å². The minimum atomic E-state index is 0.0204. The first-order valence-electron chi connectivity index (χ1n) is 7.66. The number of carbonyl (C=O) groups excluding carboxylic acids is 1. The van der Waals surface area contributed by atoms with Crippen molar-refractivity contribution >= 4 is 36.1 Å². The molecule has 0 aliphatic heterocycles. The third-order valence-electron chi connectivity index (χ3n) is 3.71. The summed E-state index contributed by atoms with van der Waals surface area (Å²) in [6.45, 7) is 1.59. The molecular weight excluding hydrogens is 349 g/mol. The van der Waals surface area contributed by atoms with E-state index in [1.807, 2.05) is 18.2 Å². The molecule has 0 saturated heterocycles. The van der Waals surface area contributed by atoms with Gasteiger partial charge in [0.2, 0.25) is 0 Å². The average Bonchev–Trinajstić information content (AvgIpc) is 2.59. The Bertz CT molecular complexity index is 801. The van der Waals surface area contributed by atoms with Crippen molar-refractivity contribution in [2.75, 3.05) is 0 Å². The Morgan fingerprint density at radius 2 is 1.65 bits per heavy atom. The van der Waals surface area contributed by atoms with Crippen molar-refractivity contribution in [3.8, 4) is 0 Å². The first kappa shape index (κ1) is 15.8. The number of carbonyl (C=O) groups is 1. The predicted octanol–water partition coefficient (Wildman–Crippen LogP) is 3.47. The molecule has 0 heterocycles. The van der Waals surface area contributed by atoms with Gasteiger partial charge in [0.1, 0.15) is 0 Å². The molecule has 0 radical (unpaired) electrons. The quantitative estimate of drug-likeness (QED) is 0.687. The third kappa shape index (κ3) is 4.22. The maximum absolute atomic E-state index is 11.6. The summed E-state index contributed by atoms with van der Waals surface area (Å²) >= 11 is 0.333. The topological polar surface area (TPSA) is 29.1 Å². The number of nitrogens with one attached hydrogen (secondary N) is 1. The van der Waals surface area contributed by atoms with E-state index < -0.39 is 0 Å². The summed E-state index contributed by atoms with van der Waals surface area (Å²) in [5, 5.41) is 6.50. The summed E-state index contributed by atoms with van der Waals surface area (Å²) in [7, 11) is 0. The zero-order valence-electron chi connectivity index (χ0n) is 13.0. The Hall–Kier alpha value is -2.09. The van der Waals surface area contributed by atoms with Crippen molar-refractivity contribution in [3.63, 3.8) is 0 Å². The Morgan fingerprint density at radius 3 is 2.39 bits per heavy atom. The van der Waals surface area contributed by atoms with Crippen LogP contribution in [0.25, 0.3) is 10.8 Å². The summed E-state index contributed by atoms with van der Waals surface area (Å²) in [5.41, 5.74) is 1.18. The van der Waals surface area contributed by atoms with E-state index >= 15 is 0 Å². The van der Waals surface area contributed by atoms with E-state index in [0.717, 1.165) is 5.32 Å². The van der Waals surface area contributed by atoms with Gasteiger partial charge in [-0.1, -0.05) is 0 Å². The fourth-order valence-corrected chi connectivity index (χ4v) is 4.65. The maximum atomic E-state index is 11.6. The van der Waals surface area contributed by atoms with Gasteiger partial charge in [-0.15, -0.1) is 0 Å². The number of fused-ring (bicyclic) bond motifs is 1. The van der Waals surface area contributed by atoms with Crippen LogP contribution in [0.15, 0.2) is 72.8 Å².